The maximum Gasteiger partial charge on any atom is 0.0850 e. The number of hydrogen-bond donors (Lipinski definition) is 1. The molecule has 1 aliphatic rings. The van der Waals surface area contributed by atoms with Gasteiger partial charge in [-0.2, -0.15) is 0 Å². The first kappa shape index (κ1) is 14.2. The lowest BCUT2D eigenvalue weighted by atomic mass is 10.0. The summed E-state index contributed by atoms with van der Waals surface area (Å²) in [5.41, 5.74) is 2.14. The highest BCUT2D eigenvalue weighted by molar-refractivity contribution is 5.08. The number of likely N-dealkylation sites (tertiary alicyclic amines) is 1. The molecule has 1 N–H and O–H groups in total. The topological polar surface area (TPSA) is 67.1 Å². The van der Waals surface area contributed by atoms with Gasteiger partial charge in [-0.25, -0.2) is 4.68 Å². The van der Waals surface area contributed by atoms with Crippen LogP contribution in [0.25, 0.3) is 0 Å². The van der Waals surface area contributed by atoms with Gasteiger partial charge in [-0.3, -0.25) is 9.88 Å². The number of piperidine rings is 1. The van der Waals surface area contributed by atoms with Crippen molar-refractivity contribution in [2.75, 3.05) is 19.7 Å². The largest absolute Gasteiger partial charge is 0.396 e. The Kier molecular flexibility index (Phi) is 4.57. The Morgan fingerprint density at radius 1 is 1.29 bits per heavy atom. The van der Waals surface area contributed by atoms with Gasteiger partial charge in [-0.15, -0.1) is 5.10 Å². The van der Waals surface area contributed by atoms with Crippen molar-refractivity contribution in [3.63, 3.8) is 0 Å². The minimum absolute atomic E-state index is 0.127. The Bertz CT molecular complexity index is 548. The predicted octanol–water partition coefficient (Wildman–Crippen LogP) is 1.04. The van der Waals surface area contributed by atoms with Crippen LogP contribution in [-0.2, 0) is 13.0 Å². The number of aliphatic hydroxyl groups excluding tert-OH is 1. The summed E-state index contributed by atoms with van der Waals surface area (Å²) in [6, 6.07) is 4.53. The van der Waals surface area contributed by atoms with Gasteiger partial charge in [-0.1, -0.05) is 11.3 Å². The third-order valence-corrected chi connectivity index (χ3v) is 3.99. The van der Waals surface area contributed by atoms with Crippen LogP contribution >= 0.6 is 0 Å². The number of pyridine rings is 1. The molecule has 6 heteroatoms. The standard InChI is InChI=1S/C15H21N5O/c21-9-5-14-12-20(18-17-14)15-3-7-19(8-4-15)11-13-2-1-6-16-10-13/h1-2,6,10,12,15,21H,3-5,7-9,11H2. The van der Waals surface area contributed by atoms with Crippen molar-refractivity contribution in [1.82, 2.24) is 24.9 Å². The molecule has 0 aromatic carbocycles. The van der Waals surface area contributed by atoms with E-state index in [-0.39, 0.29) is 6.61 Å². The van der Waals surface area contributed by atoms with Crippen LogP contribution in [0.1, 0.15) is 30.1 Å². The maximum atomic E-state index is 8.93. The van der Waals surface area contributed by atoms with E-state index in [1.165, 1.54) is 5.56 Å². The Hall–Kier alpha value is -1.79. The average molecular weight is 287 g/mol. The number of rotatable bonds is 5. The molecule has 6 nitrogen and oxygen atoms in total. The van der Waals surface area contributed by atoms with Gasteiger partial charge in [-0.05, 0) is 24.5 Å². The fraction of sp³-hybridized carbons (Fsp3) is 0.533. The van der Waals surface area contributed by atoms with Crippen molar-refractivity contribution in [1.29, 1.82) is 0 Å². The molecule has 2 aromatic heterocycles. The molecule has 1 aliphatic heterocycles. The molecule has 0 radical (unpaired) electrons. The van der Waals surface area contributed by atoms with E-state index >= 15 is 0 Å². The Labute approximate surface area is 124 Å². The minimum atomic E-state index is 0.127. The zero-order valence-electron chi connectivity index (χ0n) is 12.1. The van der Waals surface area contributed by atoms with E-state index in [2.05, 4.69) is 26.3 Å². The van der Waals surface area contributed by atoms with Crippen LogP contribution in [0.4, 0.5) is 0 Å². The fourth-order valence-corrected chi connectivity index (χ4v) is 2.81. The summed E-state index contributed by atoms with van der Waals surface area (Å²) >= 11 is 0. The van der Waals surface area contributed by atoms with E-state index in [4.69, 9.17) is 5.11 Å². The van der Waals surface area contributed by atoms with Crippen LogP contribution in [0.3, 0.4) is 0 Å². The normalized spacial score (nSPS) is 17.2. The summed E-state index contributed by atoms with van der Waals surface area (Å²) in [6.07, 6.45) is 8.47. The third-order valence-electron chi connectivity index (χ3n) is 3.99. The molecule has 0 spiro atoms. The highest BCUT2D eigenvalue weighted by Crippen LogP contribution is 2.22. The molecule has 112 valence electrons. The number of aromatic nitrogens is 4. The van der Waals surface area contributed by atoms with Crippen molar-refractivity contribution in [2.24, 2.45) is 0 Å². The second-order valence-electron chi connectivity index (χ2n) is 5.53. The number of nitrogens with zero attached hydrogens (tertiary/aromatic N) is 5. The van der Waals surface area contributed by atoms with Crippen molar-refractivity contribution in [3.05, 3.63) is 42.0 Å². The summed E-state index contributed by atoms with van der Waals surface area (Å²) in [7, 11) is 0. The Balaban J connectivity index is 1.52. The molecule has 0 amide bonds. The van der Waals surface area contributed by atoms with E-state index in [1.54, 1.807) is 0 Å². The Morgan fingerprint density at radius 2 is 2.14 bits per heavy atom. The summed E-state index contributed by atoms with van der Waals surface area (Å²) < 4.78 is 1.96. The van der Waals surface area contributed by atoms with Crippen molar-refractivity contribution < 1.29 is 5.11 Å². The zero-order chi connectivity index (χ0) is 14.5. The van der Waals surface area contributed by atoms with Gasteiger partial charge < -0.3 is 5.11 Å². The van der Waals surface area contributed by atoms with E-state index < -0.39 is 0 Å². The van der Waals surface area contributed by atoms with E-state index in [0.717, 1.165) is 38.2 Å². The summed E-state index contributed by atoms with van der Waals surface area (Å²) in [4.78, 5) is 6.62. The van der Waals surface area contributed by atoms with Gasteiger partial charge in [0.2, 0.25) is 0 Å². The van der Waals surface area contributed by atoms with Crippen LogP contribution in [-0.4, -0.2) is 49.7 Å². The van der Waals surface area contributed by atoms with E-state index in [1.807, 2.05) is 29.3 Å². The first-order chi connectivity index (χ1) is 10.3. The van der Waals surface area contributed by atoms with Crippen molar-refractivity contribution in [2.45, 2.75) is 31.8 Å². The van der Waals surface area contributed by atoms with Gasteiger partial charge in [0, 0.05) is 51.3 Å². The lowest BCUT2D eigenvalue weighted by Crippen LogP contribution is -2.34. The average Bonchev–Trinajstić information content (AvgIpc) is 2.98. The second kappa shape index (κ2) is 6.78. The smallest absolute Gasteiger partial charge is 0.0850 e. The van der Waals surface area contributed by atoms with Crippen LogP contribution in [0.2, 0.25) is 0 Å². The SMILES string of the molecule is OCCc1cn(C2CCN(Cc3cccnc3)CC2)nn1. The van der Waals surface area contributed by atoms with Gasteiger partial charge in [0.15, 0.2) is 0 Å². The van der Waals surface area contributed by atoms with Crippen molar-refractivity contribution >= 4 is 0 Å². The summed E-state index contributed by atoms with van der Waals surface area (Å²) in [6.45, 7) is 3.22. The minimum Gasteiger partial charge on any atom is -0.396 e. The molecule has 2 aromatic rings. The molecule has 0 bridgehead atoms. The molecule has 3 heterocycles. The molecule has 21 heavy (non-hydrogen) atoms. The van der Waals surface area contributed by atoms with Crippen LogP contribution in [0.5, 0.6) is 0 Å². The zero-order valence-corrected chi connectivity index (χ0v) is 12.1. The lowest BCUT2D eigenvalue weighted by molar-refractivity contribution is 0.172. The van der Waals surface area contributed by atoms with Gasteiger partial charge in [0.25, 0.3) is 0 Å². The monoisotopic (exact) mass is 287 g/mol. The van der Waals surface area contributed by atoms with Gasteiger partial charge in [0.05, 0.1) is 11.7 Å². The predicted molar refractivity (Wildman–Crippen MR) is 78.6 cm³/mol. The molecule has 1 fully saturated rings. The molecule has 0 unspecified atom stereocenters. The van der Waals surface area contributed by atoms with Crippen LogP contribution in [0.15, 0.2) is 30.7 Å². The third kappa shape index (κ3) is 3.65. The van der Waals surface area contributed by atoms with Gasteiger partial charge in [0.1, 0.15) is 0 Å². The maximum absolute atomic E-state index is 8.93. The molecule has 0 saturated carbocycles. The molecule has 1 saturated heterocycles. The molecular weight excluding hydrogens is 266 g/mol. The fourth-order valence-electron chi connectivity index (χ4n) is 2.81. The van der Waals surface area contributed by atoms with Crippen molar-refractivity contribution in [3.8, 4) is 0 Å². The first-order valence-electron chi connectivity index (χ1n) is 7.48. The lowest BCUT2D eigenvalue weighted by Gasteiger charge is -2.31. The highest BCUT2D eigenvalue weighted by Gasteiger charge is 2.21. The molecule has 0 aliphatic carbocycles. The van der Waals surface area contributed by atoms with Gasteiger partial charge >= 0.3 is 0 Å². The van der Waals surface area contributed by atoms with Crippen LogP contribution < -0.4 is 0 Å². The second-order valence-corrected chi connectivity index (χ2v) is 5.53. The molecule has 3 rings (SSSR count). The number of hydrogen-bond acceptors (Lipinski definition) is 5. The first-order valence-corrected chi connectivity index (χ1v) is 7.48. The summed E-state index contributed by atoms with van der Waals surface area (Å²) in [5.74, 6) is 0. The Morgan fingerprint density at radius 3 is 2.86 bits per heavy atom. The quantitative estimate of drug-likeness (QED) is 0.890. The van der Waals surface area contributed by atoms with E-state index in [0.29, 0.717) is 12.5 Å². The van der Waals surface area contributed by atoms with Crippen LogP contribution in [0, 0.1) is 0 Å². The molecular formula is C15H21N5O. The number of aliphatic hydroxyl groups is 1. The highest BCUT2D eigenvalue weighted by atomic mass is 16.3. The van der Waals surface area contributed by atoms with E-state index in [9.17, 15) is 0 Å². The molecule has 0 atom stereocenters. The summed E-state index contributed by atoms with van der Waals surface area (Å²) in [5, 5.41) is 17.2.